The number of rotatable bonds is 8. The van der Waals surface area contributed by atoms with Gasteiger partial charge in [0.05, 0.1) is 0 Å². The Morgan fingerprint density at radius 2 is 1.85 bits per heavy atom. The highest BCUT2D eigenvalue weighted by molar-refractivity contribution is 5.79. The van der Waals surface area contributed by atoms with Gasteiger partial charge in [-0.25, -0.2) is 0 Å². The van der Waals surface area contributed by atoms with Gasteiger partial charge < -0.3 is 15.0 Å². The van der Waals surface area contributed by atoms with Crippen LogP contribution in [0.3, 0.4) is 0 Å². The summed E-state index contributed by atoms with van der Waals surface area (Å²) in [4.78, 5) is 25.4. The molecule has 2 amide bonds. The van der Waals surface area contributed by atoms with Gasteiger partial charge in [0, 0.05) is 31.6 Å². The predicted octanol–water partition coefficient (Wildman–Crippen LogP) is 2.86. The van der Waals surface area contributed by atoms with E-state index < -0.39 is 0 Å². The Bertz CT molecular complexity index is 746. The van der Waals surface area contributed by atoms with Crippen molar-refractivity contribution < 1.29 is 14.3 Å². The molecule has 1 aliphatic rings. The number of hydrogen-bond acceptors (Lipinski definition) is 3. The Morgan fingerprint density at radius 3 is 2.62 bits per heavy atom. The van der Waals surface area contributed by atoms with Crippen molar-refractivity contribution in [1.29, 1.82) is 0 Å². The van der Waals surface area contributed by atoms with Crippen LogP contribution < -0.4 is 10.1 Å². The van der Waals surface area contributed by atoms with Gasteiger partial charge in [-0.05, 0) is 24.5 Å². The van der Waals surface area contributed by atoms with Crippen LogP contribution in [0.1, 0.15) is 19.3 Å². The van der Waals surface area contributed by atoms with Gasteiger partial charge in [0.1, 0.15) is 5.75 Å². The Labute approximate surface area is 154 Å². The van der Waals surface area contributed by atoms with E-state index in [4.69, 9.17) is 4.74 Å². The normalized spacial score (nSPS) is 13.7. The summed E-state index contributed by atoms with van der Waals surface area (Å²) >= 11 is 0. The van der Waals surface area contributed by atoms with Crippen molar-refractivity contribution in [3.05, 3.63) is 54.6 Å². The SMILES string of the molecule is O=C(COc1ccccc1-c1ccccc1)NCCCN1CCCC1=O. The van der Waals surface area contributed by atoms with E-state index >= 15 is 0 Å². The van der Waals surface area contributed by atoms with Gasteiger partial charge >= 0.3 is 0 Å². The number of carbonyl (C=O) groups is 2. The van der Waals surface area contributed by atoms with E-state index in [-0.39, 0.29) is 18.4 Å². The lowest BCUT2D eigenvalue weighted by Gasteiger charge is -2.15. The van der Waals surface area contributed by atoms with Crippen molar-refractivity contribution in [2.75, 3.05) is 26.2 Å². The summed E-state index contributed by atoms with van der Waals surface area (Å²) in [6, 6.07) is 17.7. The second kappa shape index (κ2) is 9.04. The second-order valence-corrected chi connectivity index (χ2v) is 6.34. The van der Waals surface area contributed by atoms with Crippen molar-refractivity contribution in [2.24, 2.45) is 0 Å². The lowest BCUT2D eigenvalue weighted by molar-refractivity contribution is -0.127. The number of para-hydroxylation sites is 1. The molecule has 0 aromatic heterocycles. The molecular weight excluding hydrogens is 328 g/mol. The molecule has 5 heteroatoms. The third-order valence-electron chi connectivity index (χ3n) is 4.43. The van der Waals surface area contributed by atoms with Crippen LogP contribution in [0.15, 0.2) is 54.6 Å². The zero-order valence-corrected chi connectivity index (χ0v) is 14.8. The molecule has 0 spiro atoms. The third-order valence-corrected chi connectivity index (χ3v) is 4.43. The highest BCUT2D eigenvalue weighted by Gasteiger charge is 2.19. The molecule has 0 radical (unpaired) electrons. The average molecular weight is 352 g/mol. The van der Waals surface area contributed by atoms with E-state index in [1.54, 1.807) is 0 Å². The summed E-state index contributed by atoms with van der Waals surface area (Å²) < 4.78 is 5.72. The summed E-state index contributed by atoms with van der Waals surface area (Å²) in [6.45, 7) is 2.07. The summed E-state index contributed by atoms with van der Waals surface area (Å²) in [5, 5.41) is 2.85. The molecule has 0 bridgehead atoms. The van der Waals surface area contributed by atoms with E-state index in [0.717, 1.165) is 30.5 Å². The van der Waals surface area contributed by atoms with Crippen molar-refractivity contribution in [2.45, 2.75) is 19.3 Å². The maximum absolute atomic E-state index is 12.0. The number of benzene rings is 2. The first-order valence-electron chi connectivity index (χ1n) is 9.06. The van der Waals surface area contributed by atoms with E-state index in [1.807, 2.05) is 59.5 Å². The Morgan fingerprint density at radius 1 is 1.08 bits per heavy atom. The largest absolute Gasteiger partial charge is 0.483 e. The first kappa shape index (κ1) is 18.0. The summed E-state index contributed by atoms with van der Waals surface area (Å²) in [7, 11) is 0. The number of ether oxygens (including phenoxy) is 1. The molecular formula is C21H24N2O3. The molecule has 0 unspecified atom stereocenters. The third kappa shape index (κ3) is 4.85. The van der Waals surface area contributed by atoms with E-state index in [2.05, 4.69) is 5.32 Å². The molecule has 5 nitrogen and oxygen atoms in total. The number of amides is 2. The maximum Gasteiger partial charge on any atom is 0.257 e. The lowest BCUT2D eigenvalue weighted by Crippen LogP contribution is -2.33. The molecule has 1 heterocycles. The molecule has 26 heavy (non-hydrogen) atoms. The first-order valence-corrected chi connectivity index (χ1v) is 9.06. The number of carbonyl (C=O) groups excluding carboxylic acids is 2. The molecule has 0 aliphatic carbocycles. The van der Waals surface area contributed by atoms with Crippen molar-refractivity contribution >= 4 is 11.8 Å². The molecule has 2 aromatic rings. The molecule has 3 rings (SSSR count). The Kier molecular flexibility index (Phi) is 6.25. The fourth-order valence-electron chi connectivity index (χ4n) is 3.08. The predicted molar refractivity (Wildman–Crippen MR) is 101 cm³/mol. The van der Waals surface area contributed by atoms with Gasteiger partial charge in [0.25, 0.3) is 5.91 Å². The topological polar surface area (TPSA) is 58.6 Å². The van der Waals surface area contributed by atoms with E-state index in [1.165, 1.54) is 0 Å². The van der Waals surface area contributed by atoms with Crippen LogP contribution in [0.2, 0.25) is 0 Å². The molecule has 1 aliphatic heterocycles. The summed E-state index contributed by atoms with van der Waals surface area (Å²) in [5.41, 5.74) is 2.02. The number of nitrogens with zero attached hydrogens (tertiary/aromatic N) is 1. The first-order chi connectivity index (χ1) is 12.7. The minimum absolute atomic E-state index is 0.0213. The number of likely N-dealkylation sites (tertiary alicyclic amines) is 1. The highest BCUT2D eigenvalue weighted by atomic mass is 16.5. The fraction of sp³-hybridized carbons (Fsp3) is 0.333. The second-order valence-electron chi connectivity index (χ2n) is 6.34. The van der Waals surface area contributed by atoms with Crippen LogP contribution in [0.4, 0.5) is 0 Å². The van der Waals surface area contributed by atoms with Crippen LogP contribution in [0, 0.1) is 0 Å². The smallest absolute Gasteiger partial charge is 0.257 e. The molecule has 136 valence electrons. The van der Waals surface area contributed by atoms with Crippen LogP contribution in [0.25, 0.3) is 11.1 Å². The van der Waals surface area contributed by atoms with Gasteiger partial charge in [0.2, 0.25) is 5.91 Å². The molecule has 0 saturated carbocycles. The van der Waals surface area contributed by atoms with Crippen LogP contribution >= 0.6 is 0 Å². The zero-order chi connectivity index (χ0) is 18.2. The molecule has 1 fully saturated rings. The van der Waals surface area contributed by atoms with Gasteiger partial charge in [-0.2, -0.15) is 0 Å². The van der Waals surface area contributed by atoms with Gasteiger partial charge in [-0.15, -0.1) is 0 Å². The minimum atomic E-state index is -0.152. The summed E-state index contributed by atoms with van der Waals surface area (Å²) in [6.07, 6.45) is 2.36. The Balaban J connectivity index is 1.44. The average Bonchev–Trinajstić information content (AvgIpc) is 3.09. The van der Waals surface area contributed by atoms with Crippen molar-refractivity contribution in [3.63, 3.8) is 0 Å². The molecule has 2 aromatic carbocycles. The van der Waals surface area contributed by atoms with Gasteiger partial charge in [-0.1, -0.05) is 48.5 Å². The highest BCUT2D eigenvalue weighted by Crippen LogP contribution is 2.29. The number of hydrogen-bond donors (Lipinski definition) is 1. The molecule has 0 atom stereocenters. The van der Waals surface area contributed by atoms with E-state index in [0.29, 0.717) is 25.3 Å². The van der Waals surface area contributed by atoms with Gasteiger partial charge in [0.15, 0.2) is 6.61 Å². The van der Waals surface area contributed by atoms with Gasteiger partial charge in [-0.3, -0.25) is 9.59 Å². The maximum atomic E-state index is 12.0. The van der Waals surface area contributed by atoms with Crippen LogP contribution in [0.5, 0.6) is 5.75 Å². The fourth-order valence-corrected chi connectivity index (χ4v) is 3.08. The van der Waals surface area contributed by atoms with Crippen LogP contribution in [-0.2, 0) is 9.59 Å². The Hall–Kier alpha value is -2.82. The van der Waals surface area contributed by atoms with Crippen molar-refractivity contribution in [3.8, 4) is 16.9 Å². The molecule has 1 N–H and O–H groups in total. The molecule has 1 saturated heterocycles. The minimum Gasteiger partial charge on any atom is -0.483 e. The number of nitrogens with one attached hydrogen (secondary N) is 1. The quantitative estimate of drug-likeness (QED) is 0.743. The zero-order valence-electron chi connectivity index (χ0n) is 14.8. The monoisotopic (exact) mass is 352 g/mol. The standard InChI is InChI=1S/C21H24N2O3/c24-20(22-13-7-15-23-14-6-12-21(23)25)16-26-19-11-5-4-10-18(19)17-8-2-1-3-9-17/h1-5,8-11H,6-7,12-16H2,(H,22,24). The van der Waals surface area contributed by atoms with Crippen molar-refractivity contribution in [1.82, 2.24) is 10.2 Å². The summed E-state index contributed by atoms with van der Waals surface area (Å²) in [5.74, 6) is 0.759. The van der Waals surface area contributed by atoms with Crippen LogP contribution in [-0.4, -0.2) is 43.0 Å². The lowest BCUT2D eigenvalue weighted by atomic mass is 10.1. The van der Waals surface area contributed by atoms with E-state index in [9.17, 15) is 9.59 Å².